The number of furan rings is 1. The third-order valence-electron chi connectivity index (χ3n) is 3.76. The van der Waals surface area contributed by atoms with Crippen molar-refractivity contribution in [3.05, 3.63) is 76.0 Å². The van der Waals surface area contributed by atoms with Crippen molar-refractivity contribution in [2.24, 2.45) is 4.99 Å². The third kappa shape index (κ3) is 4.49. The smallest absolute Gasteiger partial charge is 0.264 e. The predicted octanol–water partition coefficient (Wildman–Crippen LogP) is 5.68. The average molecular weight is 428 g/mol. The van der Waals surface area contributed by atoms with Crippen molar-refractivity contribution in [1.29, 1.82) is 0 Å². The summed E-state index contributed by atoms with van der Waals surface area (Å²) in [5, 5.41) is 5.45. The Labute approximate surface area is 175 Å². The first kappa shape index (κ1) is 18.9. The van der Waals surface area contributed by atoms with E-state index in [0.29, 0.717) is 31.6 Å². The number of hydrogen-bond donors (Lipinski definition) is 1. The van der Waals surface area contributed by atoms with E-state index in [9.17, 15) is 4.79 Å². The van der Waals surface area contributed by atoms with Gasteiger partial charge in [0.1, 0.15) is 10.8 Å². The van der Waals surface area contributed by atoms with Gasteiger partial charge in [-0.3, -0.25) is 4.79 Å². The Kier molecular flexibility index (Phi) is 5.57. The van der Waals surface area contributed by atoms with Crippen molar-refractivity contribution in [3.8, 4) is 0 Å². The summed E-state index contributed by atoms with van der Waals surface area (Å²) in [5.74, 6) is 0.382. The topological polar surface area (TPSA) is 67.5 Å². The molecule has 5 nitrogen and oxygen atoms in total. The largest absolute Gasteiger partial charge is 0.450 e. The number of carbonyl (C=O) groups is 1. The molecule has 0 unspecified atom stereocenters. The van der Waals surface area contributed by atoms with E-state index in [4.69, 9.17) is 16.0 Å². The van der Waals surface area contributed by atoms with E-state index in [1.807, 2.05) is 49.4 Å². The summed E-state index contributed by atoms with van der Waals surface area (Å²) >= 11 is 8.81. The summed E-state index contributed by atoms with van der Waals surface area (Å²) in [7, 11) is 0. The van der Waals surface area contributed by atoms with Crippen molar-refractivity contribution in [2.45, 2.75) is 17.0 Å². The maximum absolute atomic E-state index is 12.2. The Morgan fingerprint density at radius 2 is 2.14 bits per heavy atom. The Morgan fingerprint density at radius 1 is 1.25 bits per heavy atom. The molecule has 1 aliphatic heterocycles. The molecule has 1 saturated heterocycles. The van der Waals surface area contributed by atoms with Crippen LogP contribution in [0.2, 0.25) is 5.02 Å². The number of aromatic nitrogens is 1. The first-order chi connectivity index (χ1) is 13.6. The second-order valence-corrected chi connectivity index (χ2v) is 8.30. The van der Waals surface area contributed by atoms with Crippen LogP contribution in [-0.4, -0.2) is 16.1 Å². The highest BCUT2D eigenvalue weighted by atomic mass is 35.5. The minimum atomic E-state index is -0.211. The summed E-state index contributed by atoms with van der Waals surface area (Å²) in [5.41, 5.74) is 1.67. The number of carbonyl (C=O) groups excluding carboxylic acids is 1. The second kappa shape index (κ2) is 8.26. The molecular weight excluding hydrogens is 414 g/mol. The van der Waals surface area contributed by atoms with Gasteiger partial charge in [0.15, 0.2) is 10.3 Å². The molecule has 0 bridgehead atoms. The number of pyridine rings is 1. The number of aryl methyl sites for hydroxylation is 1. The van der Waals surface area contributed by atoms with Gasteiger partial charge in [-0.05, 0) is 72.4 Å². The van der Waals surface area contributed by atoms with Gasteiger partial charge in [-0.15, -0.1) is 0 Å². The van der Waals surface area contributed by atoms with Crippen LogP contribution in [0.5, 0.6) is 0 Å². The normalized spacial score (nSPS) is 16.7. The molecule has 0 radical (unpaired) electrons. The Balaban J connectivity index is 1.49. The van der Waals surface area contributed by atoms with Crippen LogP contribution in [0.4, 0.5) is 5.69 Å². The molecule has 0 spiro atoms. The number of rotatable bonds is 4. The highest BCUT2D eigenvalue weighted by molar-refractivity contribution is 8.18. The van der Waals surface area contributed by atoms with Gasteiger partial charge in [0, 0.05) is 17.3 Å². The highest BCUT2D eigenvalue weighted by Crippen LogP contribution is 2.32. The molecule has 3 aromatic rings. The van der Waals surface area contributed by atoms with E-state index in [0.717, 1.165) is 10.6 Å². The molecule has 0 atom stereocenters. The zero-order valence-electron chi connectivity index (χ0n) is 14.7. The van der Waals surface area contributed by atoms with Crippen molar-refractivity contribution >= 4 is 58.0 Å². The lowest BCUT2D eigenvalue weighted by Crippen LogP contribution is -2.19. The quantitative estimate of drug-likeness (QED) is 0.542. The van der Waals surface area contributed by atoms with E-state index in [1.165, 1.54) is 23.5 Å². The van der Waals surface area contributed by atoms with E-state index in [-0.39, 0.29) is 5.91 Å². The van der Waals surface area contributed by atoms with Gasteiger partial charge in [0.05, 0.1) is 10.6 Å². The van der Waals surface area contributed by atoms with Crippen LogP contribution in [0.15, 0.2) is 79.2 Å². The van der Waals surface area contributed by atoms with Crippen molar-refractivity contribution in [2.75, 3.05) is 0 Å². The number of aliphatic imine (C=N–C) groups is 1. The molecule has 0 aliphatic carbocycles. The Morgan fingerprint density at radius 3 is 2.93 bits per heavy atom. The van der Waals surface area contributed by atoms with Crippen LogP contribution in [0.1, 0.15) is 11.3 Å². The number of amidine groups is 1. The number of hydrogen-bond acceptors (Lipinski definition) is 6. The van der Waals surface area contributed by atoms with E-state index in [1.54, 1.807) is 18.3 Å². The van der Waals surface area contributed by atoms with Crippen LogP contribution in [0.3, 0.4) is 0 Å². The minimum absolute atomic E-state index is 0.211. The van der Waals surface area contributed by atoms with Crippen LogP contribution in [0, 0.1) is 6.92 Å². The fourth-order valence-electron chi connectivity index (χ4n) is 2.36. The number of thioether (sulfide) groups is 1. The molecule has 1 aliphatic rings. The van der Waals surface area contributed by atoms with Gasteiger partial charge < -0.3 is 9.73 Å². The number of halogens is 1. The molecule has 140 valence electrons. The van der Waals surface area contributed by atoms with Gasteiger partial charge in [-0.2, -0.15) is 0 Å². The molecule has 8 heteroatoms. The van der Waals surface area contributed by atoms with Crippen LogP contribution in [-0.2, 0) is 4.79 Å². The molecule has 1 amide bonds. The summed E-state index contributed by atoms with van der Waals surface area (Å²) in [6.07, 6.45) is 3.43. The summed E-state index contributed by atoms with van der Waals surface area (Å²) in [4.78, 5) is 21.4. The Bertz CT molecular complexity index is 1090. The highest BCUT2D eigenvalue weighted by Gasteiger charge is 2.24. The maximum atomic E-state index is 12.2. The van der Waals surface area contributed by atoms with Gasteiger partial charge in [-0.1, -0.05) is 23.7 Å². The number of nitrogens with zero attached hydrogens (tertiary/aromatic N) is 2. The lowest BCUT2D eigenvalue weighted by atomic mass is 10.2. The van der Waals surface area contributed by atoms with Gasteiger partial charge in [0.25, 0.3) is 5.91 Å². The molecule has 3 heterocycles. The van der Waals surface area contributed by atoms with Crippen LogP contribution >= 0.6 is 35.1 Å². The molecule has 2 aromatic heterocycles. The standard InChI is InChI=1S/C20H14ClN3O2S2/c1-12-5-6-13(10-15(12)21)23-20-24-19(25)16(27-20)11-14-7-8-18(26-14)28-17-4-2-3-9-22-17/h2-11H,1H3,(H,23,24,25)/b16-11-. The van der Waals surface area contributed by atoms with Crippen LogP contribution in [0.25, 0.3) is 6.08 Å². The zero-order valence-corrected chi connectivity index (χ0v) is 17.1. The summed E-state index contributed by atoms with van der Waals surface area (Å²) in [6, 6.07) is 14.9. The SMILES string of the molecule is Cc1ccc(N=C2NC(=O)/C(=C/c3ccc(Sc4ccccn4)o3)S2)cc1Cl. The van der Waals surface area contributed by atoms with Crippen LogP contribution < -0.4 is 5.32 Å². The second-order valence-electron chi connectivity index (χ2n) is 5.84. The summed E-state index contributed by atoms with van der Waals surface area (Å²) < 4.78 is 5.78. The lowest BCUT2D eigenvalue weighted by molar-refractivity contribution is -0.115. The van der Waals surface area contributed by atoms with E-state index < -0.39 is 0 Å². The zero-order chi connectivity index (χ0) is 19.5. The van der Waals surface area contributed by atoms with E-state index >= 15 is 0 Å². The molecule has 4 rings (SSSR count). The van der Waals surface area contributed by atoms with Crippen molar-refractivity contribution < 1.29 is 9.21 Å². The third-order valence-corrected chi connectivity index (χ3v) is 5.94. The first-order valence-corrected chi connectivity index (χ1v) is 10.3. The number of nitrogens with one attached hydrogen (secondary N) is 1. The van der Waals surface area contributed by atoms with Gasteiger partial charge in [0.2, 0.25) is 0 Å². The summed E-state index contributed by atoms with van der Waals surface area (Å²) in [6.45, 7) is 1.93. The maximum Gasteiger partial charge on any atom is 0.264 e. The molecular formula is C20H14ClN3O2S2. The monoisotopic (exact) mass is 427 g/mol. The minimum Gasteiger partial charge on any atom is -0.450 e. The fraction of sp³-hybridized carbons (Fsp3) is 0.0500. The number of benzene rings is 1. The van der Waals surface area contributed by atoms with Crippen molar-refractivity contribution in [1.82, 2.24) is 10.3 Å². The molecule has 1 N–H and O–H groups in total. The molecule has 28 heavy (non-hydrogen) atoms. The van der Waals surface area contributed by atoms with E-state index in [2.05, 4.69) is 15.3 Å². The molecule has 1 aromatic carbocycles. The molecule has 1 fully saturated rings. The average Bonchev–Trinajstić information content (AvgIpc) is 3.26. The van der Waals surface area contributed by atoms with Gasteiger partial charge >= 0.3 is 0 Å². The molecule has 0 saturated carbocycles. The Hall–Kier alpha value is -2.48. The van der Waals surface area contributed by atoms with Crippen molar-refractivity contribution in [3.63, 3.8) is 0 Å². The fourth-order valence-corrected chi connectivity index (χ4v) is 4.09. The predicted molar refractivity (Wildman–Crippen MR) is 114 cm³/mol. The van der Waals surface area contributed by atoms with Gasteiger partial charge in [-0.25, -0.2) is 9.98 Å². The lowest BCUT2D eigenvalue weighted by Gasteiger charge is -2.00. The first-order valence-electron chi connectivity index (χ1n) is 8.31. The number of amides is 1.